The van der Waals surface area contributed by atoms with E-state index in [0.29, 0.717) is 10.8 Å². The number of carbonyl (C=O) groups excluding carboxylic acids is 2. The number of allylic oxidation sites excluding steroid dienone is 2. The van der Waals surface area contributed by atoms with Crippen molar-refractivity contribution < 1.29 is 14.0 Å². The van der Waals surface area contributed by atoms with Crippen LogP contribution in [0.1, 0.15) is 6.42 Å². The molecule has 6 rings (SSSR count). The van der Waals surface area contributed by atoms with Gasteiger partial charge in [-0.05, 0) is 42.5 Å². The fourth-order valence-corrected chi connectivity index (χ4v) is 5.84. The van der Waals surface area contributed by atoms with Crippen molar-refractivity contribution in [2.24, 2.45) is 23.7 Å². The second-order valence-electron chi connectivity index (χ2n) is 7.68. The highest BCUT2D eigenvalue weighted by atomic mass is 32.1. The molecule has 2 bridgehead atoms. The highest BCUT2D eigenvalue weighted by Crippen LogP contribution is 2.53. The summed E-state index contributed by atoms with van der Waals surface area (Å²) in [7, 11) is 0. The van der Waals surface area contributed by atoms with Crippen molar-refractivity contribution in [3.8, 4) is 0 Å². The van der Waals surface area contributed by atoms with Crippen LogP contribution >= 0.6 is 11.3 Å². The van der Waals surface area contributed by atoms with Gasteiger partial charge >= 0.3 is 0 Å². The fourth-order valence-electron chi connectivity index (χ4n) is 4.82. The normalized spacial score (nSPS) is 27.3. The molecule has 3 aromatic rings. The molecule has 2 aromatic heterocycles. The molecule has 2 amide bonds. The number of pyridine rings is 1. The minimum Gasteiger partial charge on any atom is -0.355 e. The highest BCUT2D eigenvalue weighted by Gasteiger charge is 2.60. The highest BCUT2D eigenvalue weighted by molar-refractivity contribution is 7.22. The smallest absolute Gasteiger partial charge is 0.240 e. The van der Waals surface area contributed by atoms with Crippen LogP contribution in [0, 0.1) is 29.6 Å². The lowest BCUT2D eigenvalue weighted by atomic mass is 9.85. The number of amides is 2. The summed E-state index contributed by atoms with van der Waals surface area (Å²) in [6, 6.07) is 8.52. The van der Waals surface area contributed by atoms with Crippen molar-refractivity contribution in [3.05, 3.63) is 54.6 Å². The molecule has 4 atom stereocenters. The van der Waals surface area contributed by atoms with Crippen molar-refractivity contribution in [1.29, 1.82) is 0 Å². The number of imide groups is 1. The summed E-state index contributed by atoms with van der Waals surface area (Å²) in [5, 5.41) is 3.56. The molecule has 0 radical (unpaired) electrons. The van der Waals surface area contributed by atoms with Crippen LogP contribution in [0.25, 0.3) is 10.2 Å². The van der Waals surface area contributed by atoms with E-state index in [1.165, 1.54) is 28.5 Å². The topological polar surface area (TPSA) is 75.2 Å². The van der Waals surface area contributed by atoms with Gasteiger partial charge in [0.2, 0.25) is 17.8 Å². The maximum atomic E-state index is 13.3. The Balaban J connectivity index is 1.32. The predicted octanol–water partition coefficient (Wildman–Crippen LogP) is 3.89. The van der Waals surface area contributed by atoms with E-state index in [2.05, 4.69) is 27.4 Å². The molecule has 0 spiro atoms. The SMILES string of the molecule is O=C1[C@@H]2C3C=CC(C3)[C@@H]2C(=O)N1c1nc2ccc(Nc3ccnc(F)c3)cc2s1. The number of hydrogen-bond donors (Lipinski definition) is 1. The molecule has 144 valence electrons. The number of halogens is 1. The molecule has 2 aliphatic carbocycles. The molecule has 2 fully saturated rings. The van der Waals surface area contributed by atoms with Gasteiger partial charge < -0.3 is 5.32 Å². The molecule has 29 heavy (non-hydrogen) atoms. The van der Waals surface area contributed by atoms with E-state index in [-0.39, 0.29) is 35.5 Å². The first-order valence-corrected chi connectivity index (χ1v) is 10.3. The Morgan fingerprint density at radius 1 is 1.03 bits per heavy atom. The van der Waals surface area contributed by atoms with E-state index in [4.69, 9.17) is 0 Å². The second kappa shape index (κ2) is 5.93. The summed E-state index contributed by atoms with van der Waals surface area (Å²) in [4.78, 5) is 35.4. The van der Waals surface area contributed by atoms with Gasteiger partial charge in [-0.25, -0.2) is 14.9 Å². The third-order valence-electron chi connectivity index (χ3n) is 6.05. The molecule has 2 unspecified atom stereocenters. The number of fused-ring (bicyclic) bond motifs is 6. The first-order valence-electron chi connectivity index (χ1n) is 9.44. The molecule has 3 heterocycles. The zero-order chi connectivity index (χ0) is 19.7. The number of benzene rings is 1. The van der Waals surface area contributed by atoms with Crippen LogP contribution in [0.15, 0.2) is 48.7 Å². The molecular formula is C21H15FN4O2S. The summed E-state index contributed by atoms with van der Waals surface area (Å²) in [5.74, 6) is -0.916. The summed E-state index contributed by atoms with van der Waals surface area (Å²) in [6.07, 6.45) is 6.47. The van der Waals surface area contributed by atoms with E-state index in [0.717, 1.165) is 22.3 Å². The van der Waals surface area contributed by atoms with Crippen molar-refractivity contribution in [1.82, 2.24) is 9.97 Å². The number of nitrogens with zero attached hydrogens (tertiary/aromatic N) is 3. The molecule has 1 saturated carbocycles. The second-order valence-corrected chi connectivity index (χ2v) is 8.69. The summed E-state index contributed by atoms with van der Waals surface area (Å²) in [5.41, 5.74) is 2.06. The largest absolute Gasteiger partial charge is 0.355 e. The molecule has 1 N–H and O–H groups in total. The Hall–Kier alpha value is -3.13. The summed E-state index contributed by atoms with van der Waals surface area (Å²) >= 11 is 1.32. The van der Waals surface area contributed by atoms with Crippen LogP contribution in [-0.2, 0) is 9.59 Å². The van der Waals surface area contributed by atoms with E-state index >= 15 is 0 Å². The quantitative estimate of drug-likeness (QED) is 0.406. The zero-order valence-corrected chi connectivity index (χ0v) is 15.9. The van der Waals surface area contributed by atoms with Gasteiger partial charge in [-0.1, -0.05) is 23.5 Å². The van der Waals surface area contributed by atoms with Gasteiger partial charge in [0.15, 0.2) is 5.13 Å². The Labute approximate surface area is 169 Å². The third kappa shape index (κ3) is 2.45. The Morgan fingerprint density at radius 2 is 1.76 bits per heavy atom. The van der Waals surface area contributed by atoms with Crippen LogP contribution in [0.5, 0.6) is 0 Å². The molecule has 1 aliphatic heterocycles. The summed E-state index contributed by atoms with van der Waals surface area (Å²) < 4.78 is 14.1. The standard InChI is InChI=1S/C21H15FN4O2S/c22-16-9-13(5-6-23-16)24-12-3-4-14-15(8-12)29-21(25-14)26-19(27)17-10-1-2-11(7-10)18(17)20(26)28/h1-6,8-11,17-18H,7H2,(H,23,24)/t10?,11?,17-,18+. The Kier molecular flexibility index (Phi) is 3.44. The number of thiazole rings is 1. The number of nitrogens with one attached hydrogen (secondary N) is 1. The maximum absolute atomic E-state index is 13.3. The minimum absolute atomic E-state index is 0.124. The van der Waals surface area contributed by atoms with Gasteiger partial charge in [0.1, 0.15) is 0 Å². The number of aromatic nitrogens is 2. The van der Waals surface area contributed by atoms with Gasteiger partial charge in [0.05, 0.1) is 22.1 Å². The molecular weight excluding hydrogens is 391 g/mol. The third-order valence-corrected chi connectivity index (χ3v) is 7.06. The molecule has 1 saturated heterocycles. The van der Waals surface area contributed by atoms with Gasteiger partial charge in [0.25, 0.3) is 0 Å². The number of anilines is 3. The Morgan fingerprint density at radius 3 is 2.48 bits per heavy atom. The van der Waals surface area contributed by atoms with E-state index in [1.54, 1.807) is 6.07 Å². The average molecular weight is 406 g/mol. The number of rotatable bonds is 3. The van der Waals surface area contributed by atoms with E-state index in [1.807, 2.05) is 18.2 Å². The first-order chi connectivity index (χ1) is 14.1. The fraction of sp³-hybridized carbons (Fsp3) is 0.238. The molecule has 8 heteroatoms. The van der Waals surface area contributed by atoms with Gasteiger partial charge in [-0.2, -0.15) is 4.39 Å². The average Bonchev–Trinajstić information content (AvgIpc) is 3.44. The molecule has 1 aromatic carbocycles. The van der Waals surface area contributed by atoms with Crippen LogP contribution in [-0.4, -0.2) is 21.8 Å². The maximum Gasteiger partial charge on any atom is 0.240 e. The van der Waals surface area contributed by atoms with Gasteiger partial charge in [-0.3, -0.25) is 9.59 Å². The lowest BCUT2D eigenvalue weighted by Crippen LogP contribution is -2.32. The van der Waals surface area contributed by atoms with Crippen LogP contribution in [0.3, 0.4) is 0 Å². The van der Waals surface area contributed by atoms with Crippen LogP contribution in [0.4, 0.5) is 20.9 Å². The van der Waals surface area contributed by atoms with E-state index < -0.39 is 5.95 Å². The lowest BCUT2D eigenvalue weighted by Gasteiger charge is -2.14. The Bertz CT molecular complexity index is 1190. The molecule has 3 aliphatic rings. The monoisotopic (exact) mass is 406 g/mol. The van der Waals surface area contributed by atoms with Crippen LogP contribution in [0.2, 0.25) is 0 Å². The van der Waals surface area contributed by atoms with Crippen molar-refractivity contribution >= 4 is 49.9 Å². The number of hydrogen-bond acceptors (Lipinski definition) is 6. The summed E-state index contributed by atoms with van der Waals surface area (Å²) in [6.45, 7) is 0. The van der Waals surface area contributed by atoms with E-state index in [9.17, 15) is 14.0 Å². The first kappa shape index (κ1) is 16.8. The zero-order valence-electron chi connectivity index (χ0n) is 15.1. The van der Waals surface area contributed by atoms with Crippen molar-refractivity contribution in [3.63, 3.8) is 0 Å². The predicted molar refractivity (Wildman–Crippen MR) is 107 cm³/mol. The number of carbonyl (C=O) groups is 2. The van der Waals surface area contributed by atoms with Gasteiger partial charge in [-0.15, -0.1) is 0 Å². The molecule has 6 nitrogen and oxygen atoms in total. The van der Waals surface area contributed by atoms with Gasteiger partial charge in [0, 0.05) is 23.6 Å². The van der Waals surface area contributed by atoms with Crippen molar-refractivity contribution in [2.75, 3.05) is 10.2 Å². The van der Waals surface area contributed by atoms with Crippen LogP contribution < -0.4 is 10.2 Å². The minimum atomic E-state index is -0.559. The lowest BCUT2D eigenvalue weighted by molar-refractivity contribution is -0.123. The van der Waals surface area contributed by atoms with Crippen molar-refractivity contribution in [2.45, 2.75) is 6.42 Å².